The van der Waals surface area contributed by atoms with E-state index in [1.807, 2.05) is 6.92 Å². The lowest BCUT2D eigenvalue weighted by Gasteiger charge is -2.46. The highest BCUT2D eigenvalue weighted by molar-refractivity contribution is 5.78. The largest absolute Gasteiger partial charge is 0.466 e. The molecule has 0 bridgehead atoms. The van der Waals surface area contributed by atoms with E-state index < -0.39 is 0 Å². The van der Waals surface area contributed by atoms with E-state index in [4.69, 9.17) is 4.74 Å². The Balaban J connectivity index is 2.03. The molecule has 0 spiro atoms. The van der Waals surface area contributed by atoms with Crippen molar-refractivity contribution < 1.29 is 9.53 Å². The molecule has 1 N–H and O–H groups in total. The molecule has 1 atom stereocenters. The Kier molecular flexibility index (Phi) is 3.29. The molecule has 0 radical (unpaired) electrons. The molecule has 2 rings (SSSR count). The molecule has 86 valence electrons. The highest BCUT2D eigenvalue weighted by atomic mass is 16.5. The van der Waals surface area contributed by atoms with Gasteiger partial charge in [-0.1, -0.05) is 6.42 Å². The Morgan fingerprint density at radius 2 is 2.27 bits per heavy atom. The number of piperidine rings is 1. The SMILES string of the molecule is CCOC(=O)C1(C2CCCNC2)CCC1. The van der Waals surface area contributed by atoms with E-state index in [2.05, 4.69) is 5.32 Å². The van der Waals surface area contributed by atoms with Crippen molar-refractivity contribution in [3.8, 4) is 0 Å². The second kappa shape index (κ2) is 4.52. The predicted octanol–water partition coefficient (Wildman–Crippen LogP) is 1.72. The van der Waals surface area contributed by atoms with Crippen molar-refractivity contribution >= 4 is 5.97 Å². The lowest BCUT2D eigenvalue weighted by molar-refractivity contribution is -0.167. The molecule has 1 heterocycles. The summed E-state index contributed by atoms with van der Waals surface area (Å²) in [6.07, 6.45) is 5.66. The molecular weight excluding hydrogens is 190 g/mol. The summed E-state index contributed by atoms with van der Waals surface area (Å²) in [6.45, 7) is 4.51. The average molecular weight is 211 g/mol. The Morgan fingerprint density at radius 1 is 1.47 bits per heavy atom. The Hall–Kier alpha value is -0.570. The van der Waals surface area contributed by atoms with Gasteiger partial charge >= 0.3 is 5.97 Å². The summed E-state index contributed by atoms with van der Waals surface area (Å²) in [6, 6.07) is 0. The van der Waals surface area contributed by atoms with Gasteiger partial charge in [0.25, 0.3) is 0 Å². The van der Waals surface area contributed by atoms with Gasteiger partial charge in [-0.2, -0.15) is 0 Å². The molecule has 0 amide bonds. The Labute approximate surface area is 91.6 Å². The summed E-state index contributed by atoms with van der Waals surface area (Å²) >= 11 is 0. The van der Waals surface area contributed by atoms with Crippen LogP contribution in [0.15, 0.2) is 0 Å². The molecule has 0 aromatic rings. The molecule has 2 fully saturated rings. The number of hydrogen-bond donors (Lipinski definition) is 1. The predicted molar refractivity (Wildman–Crippen MR) is 58.5 cm³/mol. The van der Waals surface area contributed by atoms with E-state index in [0.717, 1.165) is 25.9 Å². The van der Waals surface area contributed by atoms with E-state index in [9.17, 15) is 4.79 Å². The number of nitrogens with one attached hydrogen (secondary N) is 1. The summed E-state index contributed by atoms with van der Waals surface area (Å²) in [7, 11) is 0. The molecule has 0 aromatic carbocycles. The summed E-state index contributed by atoms with van der Waals surface area (Å²) in [5.41, 5.74) is -0.122. The molecule has 0 aromatic heterocycles. The lowest BCUT2D eigenvalue weighted by Crippen LogP contribution is -2.50. The quantitative estimate of drug-likeness (QED) is 0.722. The minimum absolute atomic E-state index is 0.0601. The second-order valence-corrected chi connectivity index (χ2v) is 4.77. The van der Waals surface area contributed by atoms with Crippen LogP contribution in [0, 0.1) is 11.3 Å². The molecular formula is C12H21NO2. The minimum atomic E-state index is -0.122. The van der Waals surface area contributed by atoms with Gasteiger partial charge in [-0.25, -0.2) is 0 Å². The Bertz CT molecular complexity index is 230. The van der Waals surface area contributed by atoms with Crippen LogP contribution in [0.5, 0.6) is 0 Å². The van der Waals surface area contributed by atoms with Crippen molar-refractivity contribution in [2.24, 2.45) is 11.3 Å². The highest BCUT2D eigenvalue weighted by Crippen LogP contribution is 2.50. The zero-order chi connectivity index (χ0) is 10.7. The van der Waals surface area contributed by atoms with Crippen molar-refractivity contribution in [1.29, 1.82) is 0 Å². The van der Waals surface area contributed by atoms with Crippen LogP contribution >= 0.6 is 0 Å². The first kappa shape index (κ1) is 10.9. The highest BCUT2D eigenvalue weighted by Gasteiger charge is 2.51. The summed E-state index contributed by atoms with van der Waals surface area (Å²) in [4.78, 5) is 12.0. The smallest absolute Gasteiger partial charge is 0.312 e. The van der Waals surface area contributed by atoms with E-state index in [1.165, 1.54) is 19.3 Å². The van der Waals surface area contributed by atoms with Gasteiger partial charge in [0, 0.05) is 0 Å². The molecule has 1 aliphatic carbocycles. The standard InChI is InChI=1S/C12H21NO2/c1-2-15-11(14)12(6-4-7-12)10-5-3-8-13-9-10/h10,13H,2-9H2,1H3. The van der Waals surface area contributed by atoms with Crippen LogP contribution in [0.25, 0.3) is 0 Å². The fourth-order valence-corrected chi connectivity index (χ4v) is 2.94. The first-order valence-corrected chi connectivity index (χ1v) is 6.17. The number of carbonyl (C=O) groups excluding carboxylic acids is 1. The van der Waals surface area contributed by atoms with Crippen molar-refractivity contribution in [3.05, 3.63) is 0 Å². The van der Waals surface area contributed by atoms with Crippen molar-refractivity contribution in [1.82, 2.24) is 5.32 Å². The molecule has 3 heteroatoms. The van der Waals surface area contributed by atoms with E-state index in [0.29, 0.717) is 12.5 Å². The van der Waals surface area contributed by atoms with Crippen LogP contribution in [-0.2, 0) is 9.53 Å². The summed E-state index contributed by atoms with van der Waals surface area (Å²) < 4.78 is 5.24. The van der Waals surface area contributed by atoms with Crippen LogP contribution in [-0.4, -0.2) is 25.7 Å². The molecule has 15 heavy (non-hydrogen) atoms. The number of ether oxygens (including phenoxy) is 1. The van der Waals surface area contributed by atoms with Gasteiger partial charge in [0.1, 0.15) is 0 Å². The normalized spacial score (nSPS) is 29.3. The monoisotopic (exact) mass is 211 g/mol. The zero-order valence-electron chi connectivity index (χ0n) is 9.55. The van der Waals surface area contributed by atoms with Crippen LogP contribution in [0.2, 0.25) is 0 Å². The van der Waals surface area contributed by atoms with Gasteiger partial charge in [0.05, 0.1) is 12.0 Å². The van der Waals surface area contributed by atoms with Crippen LogP contribution in [0.1, 0.15) is 39.0 Å². The molecule has 2 aliphatic rings. The topological polar surface area (TPSA) is 38.3 Å². The van der Waals surface area contributed by atoms with Gasteiger partial charge in [-0.15, -0.1) is 0 Å². The summed E-state index contributed by atoms with van der Waals surface area (Å²) in [5, 5.41) is 3.40. The van der Waals surface area contributed by atoms with Gasteiger partial charge in [0.15, 0.2) is 0 Å². The van der Waals surface area contributed by atoms with E-state index >= 15 is 0 Å². The first-order chi connectivity index (χ1) is 7.29. The first-order valence-electron chi connectivity index (χ1n) is 6.17. The number of hydrogen-bond acceptors (Lipinski definition) is 3. The fourth-order valence-electron chi connectivity index (χ4n) is 2.94. The third-order valence-corrected chi connectivity index (χ3v) is 4.01. The van der Waals surface area contributed by atoms with Gasteiger partial charge in [-0.05, 0) is 51.6 Å². The summed E-state index contributed by atoms with van der Waals surface area (Å²) in [5.74, 6) is 0.573. The Morgan fingerprint density at radius 3 is 2.73 bits per heavy atom. The zero-order valence-corrected chi connectivity index (χ0v) is 9.55. The minimum Gasteiger partial charge on any atom is -0.466 e. The third-order valence-electron chi connectivity index (χ3n) is 4.01. The molecule has 1 unspecified atom stereocenters. The molecule has 1 saturated heterocycles. The number of esters is 1. The maximum Gasteiger partial charge on any atom is 0.312 e. The van der Waals surface area contributed by atoms with Crippen LogP contribution in [0.3, 0.4) is 0 Å². The maximum atomic E-state index is 12.0. The second-order valence-electron chi connectivity index (χ2n) is 4.77. The van der Waals surface area contributed by atoms with Gasteiger partial charge in [-0.3, -0.25) is 4.79 Å². The maximum absolute atomic E-state index is 12.0. The van der Waals surface area contributed by atoms with Gasteiger partial charge in [0.2, 0.25) is 0 Å². The van der Waals surface area contributed by atoms with Crippen molar-refractivity contribution in [2.45, 2.75) is 39.0 Å². The fraction of sp³-hybridized carbons (Fsp3) is 0.917. The molecule has 1 aliphatic heterocycles. The van der Waals surface area contributed by atoms with Crippen LogP contribution < -0.4 is 5.32 Å². The van der Waals surface area contributed by atoms with E-state index in [1.54, 1.807) is 0 Å². The average Bonchev–Trinajstić information content (AvgIpc) is 2.18. The number of rotatable bonds is 3. The lowest BCUT2D eigenvalue weighted by atomic mass is 9.59. The van der Waals surface area contributed by atoms with E-state index in [-0.39, 0.29) is 11.4 Å². The third kappa shape index (κ3) is 1.89. The molecule has 1 saturated carbocycles. The molecule has 3 nitrogen and oxygen atoms in total. The van der Waals surface area contributed by atoms with Crippen LogP contribution in [0.4, 0.5) is 0 Å². The van der Waals surface area contributed by atoms with Gasteiger partial charge < -0.3 is 10.1 Å². The number of carbonyl (C=O) groups is 1. The van der Waals surface area contributed by atoms with Crippen molar-refractivity contribution in [2.75, 3.05) is 19.7 Å². The van der Waals surface area contributed by atoms with Crippen molar-refractivity contribution in [3.63, 3.8) is 0 Å².